The summed E-state index contributed by atoms with van der Waals surface area (Å²) in [6, 6.07) is 2.74. The fourth-order valence-corrected chi connectivity index (χ4v) is 5.57. The van der Waals surface area contributed by atoms with Gasteiger partial charge in [0.05, 0.1) is 11.1 Å². The van der Waals surface area contributed by atoms with Crippen molar-refractivity contribution in [3.05, 3.63) is 35.8 Å². The number of imidazole rings is 1. The number of rotatable bonds is 4. The number of carbonyl (C=O) groups is 1. The van der Waals surface area contributed by atoms with Crippen molar-refractivity contribution >= 4 is 32.4 Å². The summed E-state index contributed by atoms with van der Waals surface area (Å²) in [5.41, 5.74) is 0.764. The summed E-state index contributed by atoms with van der Waals surface area (Å²) in [6.45, 7) is 2.83. The van der Waals surface area contributed by atoms with Crippen LogP contribution in [0.3, 0.4) is 0 Å². The highest BCUT2D eigenvalue weighted by Gasteiger charge is 2.34. The Labute approximate surface area is 192 Å². The van der Waals surface area contributed by atoms with Gasteiger partial charge in [0.2, 0.25) is 0 Å². The third-order valence-corrected chi connectivity index (χ3v) is 7.97. The van der Waals surface area contributed by atoms with Gasteiger partial charge in [0.1, 0.15) is 21.1 Å². The lowest BCUT2D eigenvalue weighted by atomic mass is 10.2. The highest BCUT2D eigenvalue weighted by atomic mass is 32.2. The van der Waals surface area contributed by atoms with Crippen molar-refractivity contribution in [2.45, 2.75) is 43.8 Å². The second-order valence-corrected chi connectivity index (χ2v) is 10.6. The van der Waals surface area contributed by atoms with Gasteiger partial charge in [-0.1, -0.05) is 6.92 Å². The smallest absolute Gasteiger partial charge is 0.312 e. The van der Waals surface area contributed by atoms with Gasteiger partial charge in [0, 0.05) is 43.7 Å². The Hall–Kier alpha value is -3.35. The summed E-state index contributed by atoms with van der Waals surface area (Å²) in [5, 5.41) is 4.62. The fraction of sp³-hybridized carbons (Fsp3) is 0.381. The maximum absolute atomic E-state index is 13.8. The van der Waals surface area contributed by atoms with Crippen LogP contribution in [0.1, 0.15) is 43.9 Å². The number of amides is 1. The first kappa shape index (κ1) is 22.4. The molecule has 0 radical (unpaired) electrons. The number of hydrogen-bond donors (Lipinski definition) is 0. The zero-order chi connectivity index (χ0) is 24.4. The van der Waals surface area contributed by atoms with Crippen LogP contribution >= 0.6 is 0 Å². The van der Waals surface area contributed by atoms with E-state index in [1.165, 1.54) is 11.5 Å². The first-order valence-corrected chi connectivity index (χ1v) is 12.2. The van der Waals surface area contributed by atoms with E-state index in [0.29, 0.717) is 5.65 Å². The van der Waals surface area contributed by atoms with Gasteiger partial charge in [-0.3, -0.25) is 4.79 Å². The van der Waals surface area contributed by atoms with E-state index in [-0.39, 0.29) is 39.2 Å². The number of pyridine rings is 1. The molecular weight excluding hydrogens is 471 g/mol. The SMILES string of the molecule is CCS(=O)(=NC(C)=O)c1nn2c(C3CC3)ccnc2c1-c1nc2cc(C(F)(F)F)cnc2n1C. The Balaban J connectivity index is 1.87. The summed E-state index contributed by atoms with van der Waals surface area (Å²) >= 11 is 0. The largest absolute Gasteiger partial charge is 0.417 e. The van der Waals surface area contributed by atoms with Crippen LogP contribution < -0.4 is 0 Å². The second-order valence-electron chi connectivity index (χ2n) is 8.16. The molecule has 1 unspecified atom stereocenters. The van der Waals surface area contributed by atoms with E-state index >= 15 is 0 Å². The highest BCUT2D eigenvalue weighted by Crippen LogP contribution is 2.42. The number of hydrogen-bond acceptors (Lipinski definition) is 6. The van der Waals surface area contributed by atoms with E-state index in [2.05, 4.69) is 24.4 Å². The third kappa shape index (κ3) is 3.54. The van der Waals surface area contributed by atoms with Crippen molar-refractivity contribution in [2.24, 2.45) is 11.4 Å². The molecule has 0 aromatic carbocycles. The number of aryl methyl sites for hydroxylation is 1. The molecular formula is C21H20F3N7O2S. The van der Waals surface area contributed by atoms with Gasteiger partial charge in [-0.05, 0) is 25.0 Å². The molecule has 4 aromatic rings. The Bertz CT molecular complexity index is 1590. The second kappa shape index (κ2) is 7.58. The molecule has 13 heteroatoms. The van der Waals surface area contributed by atoms with E-state index < -0.39 is 27.4 Å². The van der Waals surface area contributed by atoms with Crippen molar-refractivity contribution < 1.29 is 22.2 Å². The minimum Gasteiger partial charge on any atom is -0.312 e. The molecule has 0 saturated heterocycles. The monoisotopic (exact) mass is 491 g/mol. The minimum absolute atomic E-state index is 0.00262. The average molecular weight is 491 g/mol. The molecule has 5 rings (SSSR count). The van der Waals surface area contributed by atoms with Gasteiger partial charge in [0.25, 0.3) is 5.91 Å². The van der Waals surface area contributed by atoms with E-state index in [9.17, 15) is 22.2 Å². The van der Waals surface area contributed by atoms with Crippen LogP contribution in [-0.2, 0) is 27.7 Å². The predicted molar refractivity (Wildman–Crippen MR) is 118 cm³/mol. The van der Waals surface area contributed by atoms with Gasteiger partial charge >= 0.3 is 6.18 Å². The number of carbonyl (C=O) groups excluding carboxylic acids is 1. The Morgan fingerprint density at radius 1 is 1.26 bits per heavy atom. The zero-order valence-corrected chi connectivity index (χ0v) is 19.3. The van der Waals surface area contributed by atoms with Gasteiger partial charge < -0.3 is 4.57 Å². The lowest BCUT2D eigenvalue weighted by Gasteiger charge is -2.07. The number of fused-ring (bicyclic) bond motifs is 2. The molecule has 34 heavy (non-hydrogen) atoms. The molecule has 1 saturated carbocycles. The standard InChI is InChI=1S/C21H20F3N7O2S/c1-4-34(33,29-11(2)32)20-16(18-25-8-7-15(12-5-6-12)31(18)28-20)19-27-14-9-13(21(22,23)24)10-26-17(14)30(19)3/h7-10,12H,4-6H2,1-3H3. The lowest BCUT2D eigenvalue weighted by molar-refractivity contribution is -0.137. The van der Waals surface area contributed by atoms with E-state index in [1.54, 1.807) is 24.7 Å². The van der Waals surface area contributed by atoms with Crippen molar-refractivity contribution in [3.8, 4) is 11.4 Å². The van der Waals surface area contributed by atoms with E-state index in [0.717, 1.165) is 30.8 Å². The summed E-state index contributed by atoms with van der Waals surface area (Å²) < 4.78 is 60.5. The molecule has 4 aromatic heterocycles. The lowest BCUT2D eigenvalue weighted by Crippen LogP contribution is -2.10. The number of alkyl halides is 3. The molecule has 1 atom stereocenters. The van der Waals surface area contributed by atoms with Crippen molar-refractivity contribution in [3.63, 3.8) is 0 Å². The van der Waals surface area contributed by atoms with Gasteiger partial charge in [-0.25, -0.2) is 23.7 Å². The minimum atomic E-state index is -4.58. The first-order chi connectivity index (χ1) is 16.0. The Morgan fingerprint density at radius 2 is 2.00 bits per heavy atom. The number of aromatic nitrogens is 6. The van der Waals surface area contributed by atoms with E-state index in [4.69, 9.17) is 0 Å². The highest BCUT2D eigenvalue weighted by molar-refractivity contribution is 7.94. The number of nitrogens with zero attached hydrogens (tertiary/aromatic N) is 7. The third-order valence-electron chi connectivity index (χ3n) is 5.74. The van der Waals surface area contributed by atoms with Crippen molar-refractivity contribution in [1.29, 1.82) is 0 Å². The molecule has 0 aliphatic heterocycles. The summed E-state index contributed by atoms with van der Waals surface area (Å²) in [6.07, 6.45) is -0.279. The van der Waals surface area contributed by atoms with Crippen LogP contribution in [0.5, 0.6) is 0 Å². The molecule has 0 N–H and O–H groups in total. The summed E-state index contributed by atoms with van der Waals surface area (Å²) in [5.74, 6) is -0.160. The molecule has 4 heterocycles. The summed E-state index contributed by atoms with van der Waals surface area (Å²) in [4.78, 5) is 24.7. The van der Waals surface area contributed by atoms with Crippen LogP contribution in [0.25, 0.3) is 28.2 Å². The van der Waals surface area contributed by atoms with Crippen LogP contribution in [0, 0.1) is 0 Å². The molecule has 1 aliphatic carbocycles. The van der Waals surface area contributed by atoms with E-state index in [1.807, 2.05) is 6.07 Å². The van der Waals surface area contributed by atoms with Gasteiger partial charge in [-0.2, -0.15) is 22.6 Å². The Kier molecular flexibility index (Phi) is 5.01. The molecule has 9 nitrogen and oxygen atoms in total. The molecule has 1 aliphatic rings. The Morgan fingerprint density at radius 3 is 2.62 bits per heavy atom. The fourth-order valence-electron chi connectivity index (χ4n) is 3.96. The average Bonchev–Trinajstić information content (AvgIpc) is 3.47. The normalized spacial score (nSPS) is 16.2. The number of halogens is 3. The van der Waals surface area contributed by atoms with Crippen LogP contribution in [0.2, 0.25) is 0 Å². The maximum Gasteiger partial charge on any atom is 0.417 e. The summed E-state index contributed by atoms with van der Waals surface area (Å²) in [7, 11) is -1.71. The van der Waals surface area contributed by atoms with Crippen LogP contribution in [0.4, 0.5) is 13.2 Å². The van der Waals surface area contributed by atoms with Crippen molar-refractivity contribution in [1.82, 2.24) is 29.1 Å². The first-order valence-electron chi connectivity index (χ1n) is 10.6. The van der Waals surface area contributed by atoms with Crippen LogP contribution in [0.15, 0.2) is 33.9 Å². The predicted octanol–water partition coefficient (Wildman–Crippen LogP) is 3.97. The molecule has 0 spiro atoms. The molecule has 1 amide bonds. The zero-order valence-electron chi connectivity index (χ0n) is 18.5. The molecule has 178 valence electrons. The quantitative estimate of drug-likeness (QED) is 0.428. The van der Waals surface area contributed by atoms with Gasteiger partial charge in [0.15, 0.2) is 16.3 Å². The maximum atomic E-state index is 13.8. The topological polar surface area (TPSA) is 107 Å². The van der Waals surface area contributed by atoms with Gasteiger partial charge in [-0.15, -0.1) is 0 Å². The van der Waals surface area contributed by atoms with Crippen LogP contribution in [-0.4, -0.2) is 45.0 Å². The van der Waals surface area contributed by atoms with Crippen molar-refractivity contribution in [2.75, 3.05) is 5.75 Å². The molecule has 0 bridgehead atoms. The molecule has 1 fully saturated rings.